The van der Waals surface area contributed by atoms with Crippen LogP contribution in [0.25, 0.3) is 11.2 Å². The minimum atomic E-state index is -1.28. The van der Waals surface area contributed by atoms with Crippen molar-refractivity contribution in [3.05, 3.63) is 52.7 Å². The average Bonchev–Trinajstić information content (AvgIpc) is 2.97. The fourth-order valence-corrected chi connectivity index (χ4v) is 4.10. The molecule has 0 radical (unpaired) electrons. The number of imidazole rings is 1. The number of pyridine rings is 1. The van der Waals surface area contributed by atoms with E-state index in [1.54, 1.807) is 6.92 Å². The van der Waals surface area contributed by atoms with Crippen molar-refractivity contribution < 1.29 is 9.90 Å². The summed E-state index contributed by atoms with van der Waals surface area (Å²) in [4.78, 5) is 22.0. The summed E-state index contributed by atoms with van der Waals surface area (Å²) >= 11 is 6.27. The van der Waals surface area contributed by atoms with Crippen molar-refractivity contribution in [1.82, 2.24) is 14.5 Å². The predicted octanol–water partition coefficient (Wildman–Crippen LogP) is 4.53. The Morgan fingerprint density at radius 3 is 2.62 bits per heavy atom. The Bertz CT molecular complexity index is 1070. The molecule has 2 aromatic heterocycles. The Morgan fingerprint density at radius 1 is 1.31 bits per heavy atom. The van der Waals surface area contributed by atoms with E-state index in [0.717, 1.165) is 24.8 Å². The van der Waals surface area contributed by atoms with E-state index in [4.69, 9.17) is 11.6 Å². The van der Waals surface area contributed by atoms with Gasteiger partial charge in [-0.2, -0.15) is 0 Å². The minimum Gasteiger partial charge on any atom is -0.385 e. The molecular formula is C22H25ClN4O2. The van der Waals surface area contributed by atoms with Gasteiger partial charge in [0.05, 0.1) is 12.0 Å². The van der Waals surface area contributed by atoms with Crippen molar-refractivity contribution in [2.75, 3.05) is 5.32 Å². The number of aryl methyl sites for hydroxylation is 1. The monoisotopic (exact) mass is 412 g/mol. The van der Waals surface area contributed by atoms with Gasteiger partial charge in [-0.1, -0.05) is 41.9 Å². The van der Waals surface area contributed by atoms with E-state index < -0.39 is 5.60 Å². The Hall–Kier alpha value is -2.44. The molecule has 7 heteroatoms. The average molecular weight is 413 g/mol. The number of carbonyl (C=O) groups excluding carboxylic acids is 1. The topological polar surface area (TPSA) is 80.0 Å². The number of halogens is 1. The number of benzene rings is 1. The van der Waals surface area contributed by atoms with Crippen LogP contribution >= 0.6 is 11.6 Å². The van der Waals surface area contributed by atoms with E-state index in [0.29, 0.717) is 27.8 Å². The first kappa shape index (κ1) is 19.9. The maximum absolute atomic E-state index is 12.8. The molecule has 3 aromatic rings. The van der Waals surface area contributed by atoms with Crippen LogP contribution in [-0.4, -0.2) is 25.5 Å². The van der Waals surface area contributed by atoms with Crippen LogP contribution in [0.3, 0.4) is 0 Å². The number of nitrogens with zero attached hydrogens (tertiary/aromatic N) is 3. The molecule has 1 saturated carbocycles. The van der Waals surface area contributed by atoms with Crippen LogP contribution in [0.4, 0.5) is 5.95 Å². The van der Waals surface area contributed by atoms with Crippen molar-refractivity contribution in [1.29, 1.82) is 0 Å². The second-order valence-electron chi connectivity index (χ2n) is 8.42. The first-order valence-electron chi connectivity index (χ1n) is 9.83. The second kappa shape index (κ2) is 7.11. The zero-order valence-electron chi connectivity index (χ0n) is 16.9. The molecule has 1 aliphatic carbocycles. The molecule has 1 atom stereocenters. The number of amides is 1. The van der Waals surface area contributed by atoms with Gasteiger partial charge in [0.25, 0.3) is 0 Å². The highest BCUT2D eigenvalue weighted by Gasteiger charge is 2.38. The first-order valence-corrected chi connectivity index (χ1v) is 10.2. The first-order chi connectivity index (χ1) is 13.7. The summed E-state index contributed by atoms with van der Waals surface area (Å²) in [6, 6.07) is 11.1. The van der Waals surface area contributed by atoms with Crippen LogP contribution < -0.4 is 5.32 Å². The number of anilines is 1. The summed E-state index contributed by atoms with van der Waals surface area (Å²) < 4.78 is 1.99. The van der Waals surface area contributed by atoms with Gasteiger partial charge in [0.15, 0.2) is 5.65 Å². The number of carbonyl (C=O) groups is 1. The van der Waals surface area contributed by atoms with Gasteiger partial charge in [0.2, 0.25) is 11.9 Å². The molecule has 0 spiro atoms. The van der Waals surface area contributed by atoms with E-state index in [1.165, 1.54) is 0 Å². The van der Waals surface area contributed by atoms with Crippen molar-refractivity contribution >= 4 is 34.6 Å². The highest BCUT2D eigenvalue weighted by atomic mass is 35.5. The van der Waals surface area contributed by atoms with Gasteiger partial charge in [0, 0.05) is 5.54 Å². The van der Waals surface area contributed by atoms with E-state index in [9.17, 15) is 9.90 Å². The Labute approximate surface area is 174 Å². The van der Waals surface area contributed by atoms with Crippen molar-refractivity contribution in [3.8, 4) is 0 Å². The molecule has 0 bridgehead atoms. The Kier molecular flexibility index (Phi) is 4.87. The summed E-state index contributed by atoms with van der Waals surface area (Å²) in [6.07, 6.45) is 3.00. The fraction of sp³-hybridized carbons (Fsp3) is 0.409. The highest BCUT2D eigenvalue weighted by Crippen LogP contribution is 2.43. The number of rotatable bonds is 5. The largest absolute Gasteiger partial charge is 0.385 e. The standard InChI is InChI=1S/C22H25ClN4O2/c1-14-12-16-19(26-18(14)23)27(21(2)10-7-11-21)20(24-16)25-17(28)13-22(3,29)15-8-5-4-6-9-15/h4-6,8-9,12,29H,7,10-11,13H2,1-3H3,(H,24,25,28)/t22-/m0/s1. The van der Waals surface area contributed by atoms with Gasteiger partial charge < -0.3 is 5.11 Å². The number of nitrogens with one attached hydrogen (secondary N) is 1. The maximum atomic E-state index is 12.8. The summed E-state index contributed by atoms with van der Waals surface area (Å²) in [5.74, 6) is 0.145. The fourth-order valence-electron chi connectivity index (χ4n) is 3.97. The van der Waals surface area contributed by atoms with Crippen molar-refractivity contribution in [3.63, 3.8) is 0 Å². The van der Waals surface area contributed by atoms with Crippen LogP contribution in [0.15, 0.2) is 36.4 Å². The molecule has 2 heterocycles. The molecule has 0 unspecified atom stereocenters. The molecule has 2 N–H and O–H groups in total. The van der Waals surface area contributed by atoms with Gasteiger partial charge in [-0.25, -0.2) is 9.97 Å². The van der Waals surface area contributed by atoms with Crippen LogP contribution in [0, 0.1) is 6.92 Å². The molecule has 4 rings (SSSR count). The van der Waals surface area contributed by atoms with Gasteiger partial charge in [-0.3, -0.25) is 14.7 Å². The van der Waals surface area contributed by atoms with Crippen LogP contribution in [0.1, 0.15) is 50.7 Å². The Morgan fingerprint density at radius 2 is 2.00 bits per heavy atom. The second-order valence-corrected chi connectivity index (χ2v) is 8.78. The number of hydrogen-bond acceptors (Lipinski definition) is 4. The molecular weight excluding hydrogens is 388 g/mol. The third-order valence-corrected chi connectivity index (χ3v) is 6.27. The summed E-state index contributed by atoms with van der Waals surface area (Å²) in [5.41, 5.74) is 1.47. The van der Waals surface area contributed by atoms with E-state index >= 15 is 0 Å². The zero-order chi connectivity index (χ0) is 20.8. The SMILES string of the molecule is Cc1cc2nc(NC(=O)C[C@](C)(O)c3ccccc3)n(C3(C)CCC3)c2nc1Cl. The minimum absolute atomic E-state index is 0.0792. The molecule has 152 valence electrons. The summed E-state index contributed by atoms with van der Waals surface area (Å²) in [7, 11) is 0. The normalized spacial score (nSPS) is 17.6. The molecule has 29 heavy (non-hydrogen) atoms. The molecule has 0 aliphatic heterocycles. The molecule has 0 saturated heterocycles. The quantitative estimate of drug-likeness (QED) is 0.603. The summed E-state index contributed by atoms with van der Waals surface area (Å²) in [5, 5.41) is 14.2. The van der Waals surface area contributed by atoms with Crippen LogP contribution in [0.5, 0.6) is 0 Å². The van der Waals surface area contributed by atoms with Crippen LogP contribution in [0.2, 0.25) is 5.15 Å². The number of fused-ring (bicyclic) bond motifs is 1. The van der Waals surface area contributed by atoms with E-state index in [2.05, 4.69) is 22.2 Å². The molecule has 1 aromatic carbocycles. The van der Waals surface area contributed by atoms with E-state index in [-0.39, 0.29) is 17.9 Å². The summed E-state index contributed by atoms with van der Waals surface area (Å²) in [6.45, 7) is 5.67. The molecule has 1 amide bonds. The lowest BCUT2D eigenvalue weighted by atomic mass is 9.78. The van der Waals surface area contributed by atoms with Gasteiger partial charge in [0.1, 0.15) is 10.7 Å². The van der Waals surface area contributed by atoms with Gasteiger partial charge in [-0.15, -0.1) is 0 Å². The predicted molar refractivity (Wildman–Crippen MR) is 114 cm³/mol. The lowest BCUT2D eigenvalue weighted by Gasteiger charge is -2.40. The van der Waals surface area contributed by atoms with E-state index in [1.807, 2.05) is 47.9 Å². The number of aromatic nitrogens is 3. The molecule has 1 aliphatic rings. The maximum Gasteiger partial charge on any atom is 0.229 e. The number of aliphatic hydroxyl groups is 1. The van der Waals surface area contributed by atoms with Crippen molar-refractivity contribution in [2.45, 2.75) is 57.6 Å². The lowest BCUT2D eigenvalue weighted by Crippen LogP contribution is -2.39. The smallest absolute Gasteiger partial charge is 0.229 e. The van der Waals surface area contributed by atoms with Gasteiger partial charge in [-0.05, 0) is 57.2 Å². The third kappa shape index (κ3) is 3.63. The highest BCUT2D eigenvalue weighted by molar-refractivity contribution is 6.30. The van der Waals surface area contributed by atoms with Crippen molar-refractivity contribution in [2.24, 2.45) is 0 Å². The number of hydrogen-bond donors (Lipinski definition) is 2. The molecule has 6 nitrogen and oxygen atoms in total. The third-order valence-electron chi connectivity index (χ3n) is 5.88. The van der Waals surface area contributed by atoms with Gasteiger partial charge >= 0.3 is 0 Å². The Balaban J connectivity index is 1.67. The van der Waals surface area contributed by atoms with Crippen LogP contribution in [-0.2, 0) is 15.9 Å². The zero-order valence-corrected chi connectivity index (χ0v) is 17.6. The lowest BCUT2D eigenvalue weighted by molar-refractivity contribution is -0.120. The molecule has 1 fully saturated rings.